The second-order valence-electron chi connectivity index (χ2n) is 4.92. The minimum absolute atomic E-state index is 0.263. The van der Waals surface area contributed by atoms with Gasteiger partial charge in [-0.25, -0.2) is 13.1 Å². The van der Waals surface area contributed by atoms with Gasteiger partial charge in [0, 0.05) is 11.1 Å². The number of aryl methyl sites for hydroxylation is 1. The third-order valence-electron chi connectivity index (χ3n) is 3.32. The smallest absolute Gasteiger partial charge is 0.207 e. The largest absolute Gasteiger partial charge is 0.241 e. The van der Waals surface area contributed by atoms with Crippen molar-refractivity contribution < 1.29 is 8.42 Å². The lowest BCUT2D eigenvalue weighted by atomic mass is 10.1. The van der Waals surface area contributed by atoms with Gasteiger partial charge in [0.15, 0.2) is 0 Å². The highest BCUT2D eigenvalue weighted by molar-refractivity contribution is 7.89. The Labute approximate surface area is 131 Å². The van der Waals surface area contributed by atoms with Crippen LogP contribution in [0, 0.1) is 6.92 Å². The lowest BCUT2D eigenvalue weighted by Crippen LogP contribution is -2.28. The van der Waals surface area contributed by atoms with E-state index in [-0.39, 0.29) is 10.9 Å². The Hall–Kier alpha value is -1.36. The van der Waals surface area contributed by atoms with Crippen molar-refractivity contribution in [1.29, 1.82) is 0 Å². The first-order valence-corrected chi connectivity index (χ1v) is 8.63. The van der Waals surface area contributed by atoms with E-state index in [1.165, 1.54) is 0 Å². The second kappa shape index (κ2) is 6.60. The first-order chi connectivity index (χ1) is 9.94. The first kappa shape index (κ1) is 16.0. The molecular formula is C16H18ClNO2S. The van der Waals surface area contributed by atoms with E-state index >= 15 is 0 Å². The minimum Gasteiger partial charge on any atom is -0.207 e. The molecule has 0 heterocycles. The molecule has 0 aliphatic heterocycles. The Bertz CT molecular complexity index is 711. The summed E-state index contributed by atoms with van der Waals surface area (Å²) in [6.07, 6.45) is 0.620. The summed E-state index contributed by atoms with van der Waals surface area (Å²) in [5, 5.41) is 0.566. The second-order valence-corrected chi connectivity index (χ2v) is 7.04. The number of halogens is 1. The average Bonchev–Trinajstić information content (AvgIpc) is 2.46. The predicted molar refractivity (Wildman–Crippen MR) is 86.0 cm³/mol. The molecule has 0 saturated heterocycles. The van der Waals surface area contributed by atoms with Gasteiger partial charge >= 0.3 is 0 Å². The van der Waals surface area contributed by atoms with Crippen molar-refractivity contribution in [3.8, 4) is 0 Å². The standard InChI is InChI=1S/C16H18ClNO2S/c1-3-16(14-6-4-5-7-15(14)17)18-21(19,20)13-10-8-12(2)9-11-13/h4-11,16,18H,3H2,1-2H3/t16-/m0/s1. The van der Waals surface area contributed by atoms with E-state index in [9.17, 15) is 8.42 Å². The SMILES string of the molecule is CC[C@H](NS(=O)(=O)c1ccc(C)cc1)c1ccccc1Cl. The number of rotatable bonds is 5. The molecule has 21 heavy (non-hydrogen) atoms. The van der Waals surface area contributed by atoms with Crippen LogP contribution >= 0.6 is 11.6 Å². The van der Waals surface area contributed by atoms with Crippen molar-refractivity contribution in [2.45, 2.75) is 31.2 Å². The molecule has 2 aromatic rings. The fourth-order valence-corrected chi connectivity index (χ4v) is 3.66. The van der Waals surface area contributed by atoms with Crippen molar-refractivity contribution in [1.82, 2.24) is 4.72 Å². The summed E-state index contributed by atoms with van der Waals surface area (Å²) in [6.45, 7) is 3.84. The molecule has 0 aliphatic carbocycles. The quantitative estimate of drug-likeness (QED) is 0.901. The molecule has 0 radical (unpaired) electrons. The van der Waals surface area contributed by atoms with Gasteiger partial charge < -0.3 is 0 Å². The number of hydrogen-bond donors (Lipinski definition) is 1. The summed E-state index contributed by atoms with van der Waals surface area (Å²) in [6, 6.07) is 13.7. The molecule has 1 atom stereocenters. The molecule has 0 aromatic heterocycles. The fraction of sp³-hybridized carbons (Fsp3) is 0.250. The van der Waals surface area contributed by atoms with Gasteiger partial charge in [0.05, 0.1) is 4.90 Å². The maximum atomic E-state index is 12.4. The van der Waals surface area contributed by atoms with Crippen LogP contribution in [-0.2, 0) is 10.0 Å². The molecule has 0 spiro atoms. The van der Waals surface area contributed by atoms with Crippen LogP contribution in [0.5, 0.6) is 0 Å². The predicted octanol–water partition coefficient (Wildman–Crippen LogP) is 4.08. The zero-order valence-corrected chi connectivity index (χ0v) is 13.6. The summed E-state index contributed by atoms with van der Waals surface area (Å²) >= 11 is 6.16. The van der Waals surface area contributed by atoms with Gasteiger partial charge in [-0.1, -0.05) is 54.4 Å². The molecule has 0 bridgehead atoms. The molecule has 2 rings (SSSR count). The molecule has 0 saturated carbocycles. The maximum Gasteiger partial charge on any atom is 0.241 e. The highest BCUT2D eigenvalue weighted by Crippen LogP contribution is 2.26. The Kier molecular flexibility index (Phi) is 5.04. The van der Waals surface area contributed by atoms with E-state index < -0.39 is 10.0 Å². The Morgan fingerprint density at radius 3 is 2.29 bits per heavy atom. The van der Waals surface area contributed by atoms with E-state index in [4.69, 9.17) is 11.6 Å². The lowest BCUT2D eigenvalue weighted by Gasteiger charge is -2.18. The maximum absolute atomic E-state index is 12.4. The Morgan fingerprint density at radius 1 is 1.10 bits per heavy atom. The summed E-state index contributed by atoms with van der Waals surface area (Å²) in [5.74, 6) is 0. The molecule has 112 valence electrons. The van der Waals surface area contributed by atoms with E-state index in [0.717, 1.165) is 11.1 Å². The Balaban J connectivity index is 2.30. The van der Waals surface area contributed by atoms with E-state index in [1.807, 2.05) is 32.0 Å². The highest BCUT2D eigenvalue weighted by atomic mass is 35.5. The van der Waals surface area contributed by atoms with Gasteiger partial charge in [-0.3, -0.25) is 0 Å². The van der Waals surface area contributed by atoms with Crippen LogP contribution in [0.15, 0.2) is 53.4 Å². The van der Waals surface area contributed by atoms with Crippen molar-refractivity contribution in [2.75, 3.05) is 0 Å². The monoisotopic (exact) mass is 323 g/mol. The van der Waals surface area contributed by atoms with Crippen LogP contribution in [0.1, 0.15) is 30.5 Å². The third kappa shape index (κ3) is 3.84. The van der Waals surface area contributed by atoms with Gasteiger partial charge in [0.2, 0.25) is 10.0 Å². The van der Waals surface area contributed by atoms with Gasteiger partial charge in [0.25, 0.3) is 0 Å². The zero-order chi connectivity index (χ0) is 15.5. The van der Waals surface area contributed by atoms with Crippen molar-refractivity contribution in [3.05, 3.63) is 64.7 Å². The van der Waals surface area contributed by atoms with Crippen LogP contribution in [0.4, 0.5) is 0 Å². The van der Waals surface area contributed by atoms with Crippen LogP contribution < -0.4 is 4.72 Å². The summed E-state index contributed by atoms with van der Waals surface area (Å²) in [4.78, 5) is 0.263. The topological polar surface area (TPSA) is 46.2 Å². The number of benzene rings is 2. The van der Waals surface area contributed by atoms with E-state index in [1.54, 1.807) is 30.3 Å². The third-order valence-corrected chi connectivity index (χ3v) is 5.15. The molecule has 5 heteroatoms. The average molecular weight is 324 g/mol. The van der Waals surface area contributed by atoms with Gasteiger partial charge in [-0.05, 0) is 37.1 Å². The van der Waals surface area contributed by atoms with Gasteiger partial charge in [-0.2, -0.15) is 0 Å². The molecule has 2 aromatic carbocycles. The first-order valence-electron chi connectivity index (χ1n) is 6.77. The molecule has 3 nitrogen and oxygen atoms in total. The molecule has 0 fully saturated rings. The molecule has 0 amide bonds. The number of sulfonamides is 1. The lowest BCUT2D eigenvalue weighted by molar-refractivity contribution is 0.550. The minimum atomic E-state index is -3.56. The summed E-state index contributed by atoms with van der Waals surface area (Å²) < 4.78 is 27.6. The van der Waals surface area contributed by atoms with Gasteiger partial charge in [0.1, 0.15) is 0 Å². The van der Waals surface area contributed by atoms with Crippen molar-refractivity contribution >= 4 is 21.6 Å². The van der Waals surface area contributed by atoms with Crippen molar-refractivity contribution in [3.63, 3.8) is 0 Å². The number of nitrogens with one attached hydrogen (secondary N) is 1. The van der Waals surface area contributed by atoms with Crippen LogP contribution in [0.3, 0.4) is 0 Å². The number of hydrogen-bond acceptors (Lipinski definition) is 2. The summed E-state index contributed by atoms with van der Waals surface area (Å²) in [7, 11) is -3.56. The molecule has 0 aliphatic rings. The molecule has 0 unspecified atom stereocenters. The van der Waals surface area contributed by atoms with Crippen LogP contribution in [0.2, 0.25) is 5.02 Å². The van der Waals surface area contributed by atoms with E-state index in [0.29, 0.717) is 11.4 Å². The van der Waals surface area contributed by atoms with Gasteiger partial charge in [-0.15, -0.1) is 0 Å². The van der Waals surface area contributed by atoms with Crippen LogP contribution in [0.25, 0.3) is 0 Å². The van der Waals surface area contributed by atoms with E-state index in [2.05, 4.69) is 4.72 Å². The normalized spacial score (nSPS) is 13.1. The zero-order valence-electron chi connectivity index (χ0n) is 12.0. The molecular weight excluding hydrogens is 306 g/mol. The Morgan fingerprint density at radius 2 is 1.71 bits per heavy atom. The van der Waals surface area contributed by atoms with Crippen LogP contribution in [-0.4, -0.2) is 8.42 Å². The fourth-order valence-electron chi connectivity index (χ4n) is 2.10. The van der Waals surface area contributed by atoms with Crippen molar-refractivity contribution in [2.24, 2.45) is 0 Å². The summed E-state index contributed by atoms with van der Waals surface area (Å²) in [5.41, 5.74) is 1.81. The molecule has 1 N–H and O–H groups in total. The highest BCUT2D eigenvalue weighted by Gasteiger charge is 2.21.